The van der Waals surface area contributed by atoms with Gasteiger partial charge >= 0.3 is 15.6 Å². The molecule has 3 aliphatic rings. The zero-order valence-corrected chi connectivity index (χ0v) is 29.7. The molecule has 0 aromatic rings. The number of hydrogen-bond acceptors (Lipinski definition) is 2. The molecule has 1 N–H and O–H groups in total. The molecule has 0 aromatic carbocycles. The zero-order chi connectivity index (χ0) is 29.6. The van der Waals surface area contributed by atoms with E-state index in [4.69, 9.17) is 13.0 Å². The fraction of sp³-hybridized carbons (Fsp3) is 0.867. The van der Waals surface area contributed by atoms with Crippen molar-refractivity contribution in [3.05, 3.63) is 24.3 Å². The minimum Gasteiger partial charge on any atom is -0.279 e. The molecule has 0 aromatic heterocycles. The average molecular weight is 718 g/mol. The molecule has 3 rings (SSSR count). The van der Waals surface area contributed by atoms with Gasteiger partial charge in [-0.05, 0) is 117 Å². The van der Waals surface area contributed by atoms with Crippen molar-refractivity contribution in [2.24, 2.45) is 0 Å². The Balaban J connectivity index is 0.000000733. The van der Waals surface area contributed by atoms with E-state index in [-0.39, 0.29) is 19.5 Å². The molecule has 2 heterocycles. The summed E-state index contributed by atoms with van der Waals surface area (Å²) in [4.78, 5) is 0. The first-order valence-corrected chi connectivity index (χ1v) is 19.7. The standard InChI is InChI=1S/C21H42P2.C8H12.CHF3O3S.Rh/c1-7-18-11-12-19(8-2)22(18)16(5)15-17(6)23-20(9-3)13-14-21(23)10-4;1-2-4-6-8-7-5-3-1;2-1(3,4)8(5,6)7;/h16-21H,7-15H2,1-6H3;1-2,7-8H,3-6H2;(H,5,6,7);/b;2-1-,8-7-;;/t16-,17-,18+,19+,20+,21+;;;/m0.../s1. The molecule has 2 fully saturated rings. The Morgan fingerprint density at radius 1 is 0.700 bits per heavy atom. The van der Waals surface area contributed by atoms with Gasteiger partial charge in [0, 0.05) is 19.5 Å². The summed E-state index contributed by atoms with van der Waals surface area (Å²) >= 11 is 0. The predicted molar refractivity (Wildman–Crippen MR) is 167 cm³/mol. The molecular formula is C30H55F3O3P2RhS. The van der Waals surface area contributed by atoms with Crippen LogP contribution in [0.2, 0.25) is 0 Å². The number of halogens is 3. The molecule has 0 amide bonds. The van der Waals surface area contributed by atoms with Gasteiger partial charge in [-0.1, -0.05) is 81.7 Å². The quantitative estimate of drug-likeness (QED) is 0.0894. The fourth-order valence-electron chi connectivity index (χ4n) is 6.65. The van der Waals surface area contributed by atoms with Gasteiger partial charge < -0.3 is 0 Å². The maximum Gasteiger partial charge on any atom is 0.522 e. The van der Waals surface area contributed by atoms with Crippen LogP contribution in [-0.2, 0) is 29.6 Å². The van der Waals surface area contributed by atoms with Crippen LogP contribution in [0.3, 0.4) is 0 Å². The molecule has 6 atom stereocenters. The summed E-state index contributed by atoms with van der Waals surface area (Å²) in [7, 11) is -5.25. The molecule has 1 radical (unpaired) electrons. The Morgan fingerprint density at radius 2 is 0.925 bits per heavy atom. The van der Waals surface area contributed by atoms with Gasteiger partial charge in [0.15, 0.2) is 0 Å². The van der Waals surface area contributed by atoms with Crippen LogP contribution in [0.5, 0.6) is 0 Å². The van der Waals surface area contributed by atoms with E-state index in [1.54, 1.807) is 32.1 Å². The van der Waals surface area contributed by atoms with Crippen molar-refractivity contribution in [3.63, 3.8) is 0 Å². The molecule has 0 saturated carbocycles. The van der Waals surface area contributed by atoms with Gasteiger partial charge in [-0.2, -0.15) is 21.6 Å². The molecule has 2 aliphatic heterocycles. The molecule has 2 saturated heterocycles. The van der Waals surface area contributed by atoms with Crippen molar-refractivity contribution in [1.82, 2.24) is 0 Å². The third-order valence-corrected chi connectivity index (χ3v) is 17.5. The van der Waals surface area contributed by atoms with Crippen LogP contribution in [0.25, 0.3) is 0 Å². The van der Waals surface area contributed by atoms with E-state index in [1.165, 1.54) is 51.4 Å². The fourth-order valence-corrected chi connectivity index (χ4v) is 15.5. The Kier molecular flexibility index (Phi) is 20.9. The Bertz CT molecular complexity index is 757. The van der Waals surface area contributed by atoms with Crippen LogP contribution in [-0.4, -0.2) is 52.4 Å². The van der Waals surface area contributed by atoms with Gasteiger partial charge in [0.1, 0.15) is 0 Å². The van der Waals surface area contributed by atoms with Crippen LogP contribution in [0.15, 0.2) is 24.3 Å². The predicted octanol–water partition coefficient (Wildman–Crippen LogP) is 10.9. The topological polar surface area (TPSA) is 54.4 Å². The maximum absolute atomic E-state index is 10.7. The van der Waals surface area contributed by atoms with Crippen LogP contribution in [0.1, 0.15) is 125 Å². The van der Waals surface area contributed by atoms with Gasteiger partial charge in [-0.15, -0.1) is 0 Å². The molecule has 40 heavy (non-hydrogen) atoms. The third kappa shape index (κ3) is 13.5. The SMILES string of the molecule is C1=C\CC/C=C\CC/1.CC[C@@H]1CC[C@@H](CC)P1[C@@H](C)C[C@H](C)P1[C@H](CC)CC[C@H]1CC.O=S(=O)(O)C(F)(F)F.[Rh]. The van der Waals surface area contributed by atoms with Crippen LogP contribution in [0.4, 0.5) is 13.2 Å². The minimum atomic E-state index is -5.84. The first kappa shape index (κ1) is 40.7. The summed E-state index contributed by atoms with van der Waals surface area (Å²) in [5, 5.41) is 0. The maximum atomic E-state index is 10.7. The van der Waals surface area contributed by atoms with Gasteiger partial charge in [-0.3, -0.25) is 4.55 Å². The Hall–Kier alpha value is 0.663. The molecule has 0 bridgehead atoms. The number of allylic oxidation sites excluding steroid dienone is 4. The molecule has 1 aliphatic carbocycles. The largest absolute Gasteiger partial charge is 0.522 e. The van der Waals surface area contributed by atoms with E-state index in [0.29, 0.717) is 15.8 Å². The van der Waals surface area contributed by atoms with Crippen molar-refractivity contribution in [3.8, 4) is 0 Å². The first-order valence-electron chi connectivity index (χ1n) is 15.2. The molecule has 10 heteroatoms. The second-order valence-corrected chi connectivity index (χ2v) is 19.1. The van der Waals surface area contributed by atoms with Crippen molar-refractivity contribution in [2.75, 3.05) is 0 Å². The first-order chi connectivity index (χ1) is 18.3. The monoisotopic (exact) mass is 717 g/mol. The second kappa shape index (κ2) is 20.6. The summed E-state index contributed by atoms with van der Waals surface area (Å²) in [5.74, 6) is 0. The van der Waals surface area contributed by atoms with E-state index >= 15 is 0 Å². The van der Waals surface area contributed by atoms with Crippen molar-refractivity contribution >= 4 is 26.0 Å². The normalized spacial score (nSPS) is 28.9. The van der Waals surface area contributed by atoms with E-state index < -0.39 is 15.6 Å². The van der Waals surface area contributed by atoms with Crippen LogP contribution >= 0.6 is 15.8 Å². The Morgan fingerprint density at radius 3 is 1.10 bits per heavy atom. The van der Waals surface area contributed by atoms with Crippen molar-refractivity contribution in [1.29, 1.82) is 0 Å². The molecule has 3 nitrogen and oxygen atoms in total. The second-order valence-electron chi connectivity index (χ2n) is 11.2. The smallest absolute Gasteiger partial charge is 0.279 e. The summed E-state index contributed by atoms with van der Waals surface area (Å²) in [5.41, 5.74) is 0.892. The summed E-state index contributed by atoms with van der Waals surface area (Å²) in [6.45, 7) is 15.1. The zero-order valence-electron chi connectivity index (χ0n) is 25.5. The van der Waals surface area contributed by atoms with E-state index in [0.717, 1.165) is 34.0 Å². The van der Waals surface area contributed by atoms with Crippen LogP contribution < -0.4 is 0 Å². The minimum absolute atomic E-state index is 0. The van der Waals surface area contributed by atoms with Gasteiger partial charge in [0.2, 0.25) is 0 Å². The number of hydrogen-bond donors (Lipinski definition) is 1. The summed E-state index contributed by atoms with van der Waals surface area (Å²) in [6.07, 6.45) is 27.5. The van der Waals surface area contributed by atoms with Crippen LogP contribution in [0, 0.1) is 0 Å². The molecule has 0 spiro atoms. The summed E-state index contributed by atoms with van der Waals surface area (Å²) < 4.78 is 57.5. The molecule has 239 valence electrons. The average Bonchev–Trinajstić information content (AvgIpc) is 3.46. The molecular weight excluding hydrogens is 662 g/mol. The van der Waals surface area contributed by atoms with Gasteiger partial charge in [0.25, 0.3) is 0 Å². The number of alkyl halides is 3. The van der Waals surface area contributed by atoms with Gasteiger partial charge in [0.05, 0.1) is 0 Å². The van der Waals surface area contributed by atoms with E-state index in [9.17, 15) is 13.2 Å². The Labute approximate surface area is 259 Å². The molecule has 0 unspecified atom stereocenters. The van der Waals surface area contributed by atoms with E-state index in [2.05, 4.69) is 65.8 Å². The van der Waals surface area contributed by atoms with Gasteiger partial charge in [-0.25, -0.2) is 0 Å². The summed E-state index contributed by atoms with van der Waals surface area (Å²) in [6, 6.07) is 0. The number of rotatable bonds is 8. The van der Waals surface area contributed by atoms with Crippen molar-refractivity contribution in [2.45, 2.75) is 164 Å². The third-order valence-electron chi connectivity index (χ3n) is 8.56. The van der Waals surface area contributed by atoms with E-state index in [1.807, 2.05) is 0 Å². The van der Waals surface area contributed by atoms with Crippen molar-refractivity contribution < 1.29 is 45.6 Å².